The molecule has 0 saturated heterocycles. The molecule has 3 heterocycles. The van der Waals surface area contributed by atoms with Crippen LogP contribution < -0.4 is 10.6 Å². The first-order valence-electron chi connectivity index (χ1n) is 7.56. The minimum absolute atomic E-state index is 0.0836. The topological polar surface area (TPSA) is 101 Å². The second-order valence-corrected chi connectivity index (χ2v) is 6.53. The third-order valence-electron chi connectivity index (χ3n) is 3.78. The monoisotopic (exact) mass is 344 g/mol. The van der Waals surface area contributed by atoms with Crippen molar-refractivity contribution in [3.63, 3.8) is 0 Å². The maximum absolute atomic E-state index is 12.5. The first-order chi connectivity index (χ1) is 11.6. The standard InChI is InChI=1S/C16H16N4O3S/c1-17-16(23)12-6-3-9(24-12)2-5-11(21)14-10-4-7-13(22)20-15(10)19-8-18-14/h3,6,8H,2,4-5,7H2,1H3,(H,17,23)(H,18,19,20,22). The normalized spacial score (nSPS) is 13.1. The van der Waals surface area contributed by atoms with Crippen LogP contribution in [0.25, 0.3) is 0 Å². The Balaban J connectivity index is 1.70. The van der Waals surface area contributed by atoms with Gasteiger partial charge in [0.25, 0.3) is 5.91 Å². The van der Waals surface area contributed by atoms with E-state index < -0.39 is 0 Å². The molecule has 0 fully saturated rings. The number of aromatic nitrogens is 2. The zero-order chi connectivity index (χ0) is 17.1. The quantitative estimate of drug-likeness (QED) is 0.802. The van der Waals surface area contributed by atoms with E-state index in [0.29, 0.717) is 47.6 Å². The molecule has 0 aromatic carbocycles. The van der Waals surface area contributed by atoms with Crippen LogP contribution in [0, 0.1) is 0 Å². The van der Waals surface area contributed by atoms with Crippen LogP contribution in [0.2, 0.25) is 0 Å². The van der Waals surface area contributed by atoms with E-state index in [1.54, 1.807) is 13.1 Å². The van der Waals surface area contributed by atoms with Gasteiger partial charge in [-0.1, -0.05) is 0 Å². The van der Waals surface area contributed by atoms with Crippen molar-refractivity contribution in [2.24, 2.45) is 0 Å². The smallest absolute Gasteiger partial charge is 0.261 e. The lowest BCUT2D eigenvalue weighted by Crippen LogP contribution is -2.23. The number of amides is 2. The average molecular weight is 344 g/mol. The second kappa shape index (κ2) is 6.88. The molecule has 0 unspecified atom stereocenters. The minimum Gasteiger partial charge on any atom is -0.354 e. The summed E-state index contributed by atoms with van der Waals surface area (Å²) in [6.45, 7) is 0. The number of hydrogen-bond acceptors (Lipinski definition) is 6. The highest BCUT2D eigenvalue weighted by atomic mass is 32.1. The van der Waals surface area contributed by atoms with E-state index in [1.165, 1.54) is 17.7 Å². The van der Waals surface area contributed by atoms with Crippen molar-refractivity contribution in [3.8, 4) is 0 Å². The third kappa shape index (κ3) is 3.33. The summed E-state index contributed by atoms with van der Waals surface area (Å²) in [7, 11) is 1.59. The van der Waals surface area contributed by atoms with Crippen LogP contribution in [0.3, 0.4) is 0 Å². The molecule has 2 N–H and O–H groups in total. The lowest BCUT2D eigenvalue weighted by Gasteiger charge is -2.17. The van der Waals surface area contributed by atoms with Gasteiger partial charge in [0.1, 0.15) is 17.8 Å². The van der Waals surface area contributed by atoms with Crippen LogP contribution >= 0.6 is 11.3 Å². The summed E-state index contributed by atoms with van der Waals surface area (Å²) in [5.74, 6) is 0.125. The highest BCUT2D eigenvalue weighted by Gasteiger charge is 2.23. The summed E-state index contributed by atoms with van der Waals surface area (Å²) in [5, 5.41) is 5.24. The van der Waals surface area contributed by atoms with E-state index >= 15 is 0 Å². The molecule has 1 aliphatic rings. The molecule has 0 atom stereocenters. The molecule has 3 rings (SSSR count). The molecular weight excluding hydrogens is 328 g/mol. The lowest BCUT2D eigenvalue weighted by molar-refractivity contribution is -0.116. The van der Waals surface area contributed by atoms with Crippen LogP contribution in [-0.4, -0.2) is 34.6 Å². The molecule has 124 valence electrons. The van der Waals surface area contributed by atoms with Crippen LogP contribution in [-0.2, 0) is 17.6 Å². The maximum Gasteiger partial charge on any atom is 0.261 e. The van der Waals surface area contributed by atoms with Crippen molar-refractivity contribution in [1.82, 2.24) is 15.3 Å². The highest BCUT2D eigenvalue weighted by Crippen LogP contribution is 2.24. The summed E-state index contributed by atoms with van der Waals surface area (Å²) < 4.78 is 0. The number of hydrogen-bond donors (Lipinski definition) is 2. The molecule has 1 aliphatic heterocycles. The number of carbonyl (C=O) groups excluding carboxylic acids is 3. The van der Waals surface area contributed by atoms with E-state index in [-0.39, 0.29) is 17.6 Å². The predicted octanol–water partition coefficient (Wildman–Crippen LogP) is 1.60. The Labute approximate surface area is 142 Å². The van der Waals surface area contributed by atoms with Crippen LogP contribution in [0.1, 0.15) is 43.4 Å². The molecule has 8 heteroatoms. The van der Waals surface area contributed by atoms with Crippen molar-refractivity contribution >= 4 is 34.8 Å². The van der Waals surface area contributed by atoms with Gasteiger partial charge in [-0.3, -0.25) is 14.4 Å². The SMILES string of the molecule is CNC(=O)c1ccc(CCC(=O)c2ncnc3c2CCC(=O)N3)s1. The zero-order valence-corrected chi connectivity index (χ0v) is 13.9. The van der Waals surface area contributed by atoms with Crippen molar-refractivity contribution < 1.29 is 14.4 Å². The van der Waals surface area contributed by atoms with Crippen LogP contribution in [0.4, 0.5) is 5.82 Å². The van der Waals surface area contributed by atoms with Crippen molar-refractivity contribution in [2.75, 3.05) is 12.4 Å². The van der Waals surface area contributed by atoms with Gasteiger partial charge in [-0.2, -0.15) is 0 Å². The molecule has 7 nitrogen and oxygen atoms in total. The molecule has 0 radical (unpaired) electrons. The number of nitrogens with one attached hydrogen (secondary N) is 2. The van der Waals surface area contributed by atoms with Gasteiger partial charge in [0.15, 0.2) is 5.78 Å². The summed E-state index contributed by atoms with van der Waals surface area (Å²) >= 11 is 1.38. The number of nitrogens with zero attached hydrogens (tertiary/aromatic N) is 2. The van der Waals surface area contributed by atoms with Gasteiger partial charge in [0.2, 0.25) is 5.91 Å². The Kier molecular flexibility index (Phi) is 4.66. The molecule has 24 heavy (non-hydrogen) atoms. The van der Waals surface area contributed by atoms with Gasteiger partial charge in [-0.15, -0.1) is 11.3 Å². The lowest BCUT2D eigenvalue weighted by atomic mass is 10.0. The molecule has 2 amide bonds. The number of carbonyl (C=O) groups is 3. The Morgan fingerprint density at radius 3 is 2.92 bits per heavy atom. The second-order valence-electron chi connectivity index (χ2n) is 5.37. The van der Waals surface area contributed by atoms with E-state index in [9.17, 15) is 14.4 Å². The molecule has 0 saturated carbocycles. The number of thiophene rings is 1. The van der Waals surface area contributed by atoms with E-state index in [2.05, 4.69) is 20.6 Å². The fraction of sp³-hybridized carbons (Fsp3) is 0.312. The van der Waals surface area contributed by atoms with Crippen molar-refractivity contribution in [3.05, 3.63) is 39.5 Å². The fourth-order valence-electron chi connectivity index (χ4n) is 2.54. The Morgan fingerprint density at radius 1 is 1.29 bits per heavy atom. The van der Waals surface area contributed by atoms with Gasteiger partial charge >= 0.3 is 0 Å². The number of rotatable bonds is 5. The predicted molar refractivity (Wildman–Crippen MR) is 89.3 cm³/mol. The molecule has 0 bridgehead atoms. The first-order valence-corrected chi connectivity index (χ1v) is 8.38. The van der Waals surface area contributed by atoms with Crippen molar-refractivity contribution in [1.29, 1.82) is 0 Å². The zero-order valence-electron chi connectivity index (χ0n) is 13.1. The molecule has 0 spiro atoms. The first kappa shape index (κ1) is 16.3. The summed E-state index contributed by atoms with van der Waals surface area (Å²) in [6.07, 6.45) is 2.95. The number of ketones is 1. The van der Waals surface area contributed by atoms with Gasteiger partial charge in [-0.25, -0.2) is 9.97 Å². The fourth-order valence-corrected chi connectivity index (χ4v) is 3.50. The largest absolute Gasteiger partial charge is 0.354 e. The number of aryl methyl sites for hydroxylation is 1. The Bertz CT molecular complexity index is 815. The third-order valence-corrected chi connectivity index (χ3v) is 4.92. The van der Waals surface area contributed by atoms with Gasteiger partial charge in [0.05, 0.1) is 4.88 Å². The van der Waals surface area contributed by atoms with Gasteiger partial charge in [0, 0.05) is 30.3 Å². The molecular formula is C16H16N4O3S. The van der Waals surface area contributed by atoms with Crippen LogP contribution in [0.5, 0.6) is 0 Å². The van der Waals surface area contributed by atoms with Gasteiger partial charge in [-0.05, 0) is 25.0 Å². The number of fused-ring (bicyclic) bond motifs is 1. The minimum atomic E-state index is -0.127. The number of Topliss-reactive ketones (excluding diaryl/α,β-unsaturated/α-hetero) is 1. The van der Waals surface area contributed by atoms with Crippen LogP contribution in [0.15, 0.2) is 18.5 Å². The average Bonchev–Trinajstić information content (AvgIpc) is 3.07. The van der Waals surface area contributed by atoms with E-state index in [1.807, 2.05) is 6.07 Å². The molecule has 2 aromatic rings. The number of anilines is 1. The van der Waals surface area contributed by atoms with Gasteiger partial charge < -0.3 is 10.6 Å². The maximum atomic E-state index is 12.5. The molecule has 2 aromatic heterocycles. The Morgan fingerprint density at radius 2 is 2.12 bits per heavy atom. The molecule has 0 aliphatic carbocycles. The Hall–Kier alpha value is -2.61. The van der Waals surface area contributed by atoms with E-state index in [0.717, 1.165) is 4.88 Å². The van der Waals surface area contributed by atoms with Crippen molar-refractivity contribution in [2.45, 2.75) is 25.7 Å². The summed E-state index contributed by atoms with van der Waals surface area (Å²) in [6, 6.07) is 3.61. The summed E-state index contributed by atoms with van der Waals surface area (Å²) in [4.78, 5) is 45.2. The summed E-state index contributed by atoms with van der Waals surface area (Å²) in [5.41, 5.74) is 1.09. The highest BCUT2D eigenvalue weighted by molar-refractivity contribution is 7.14. The van der Waals surface area contributed by atoms with E-state index in [4.69, 9.17) is 0 Å².